The van der Waals surface area contributed by atoms with Gasteiger partial charge in [0.15, 0.2) is 5.76 Å². The maximum atomic E-state index is 12.9. The topological polar surface area (TPSA) is 79.5 Å². The van der Waals surface area contributed by atoms with Gasteiger partial charge in [-0.1, -0.05) is 54.6 Å². The molecular formula is C22H15NO4. The van der Waals surface area contributed by atoms with Gasteiger partial charge in [-0.05, 0) is 24.3 Å². The Hall–Kier alpha value is -3.86. The number of benzene rings is 3. The minimum atomic E-state index is -0.526. The monoisotopic (exact) mass is 357 g/mol. The van der Waals surface area contributed by atoms with Crippen molar-refractivity contribution in [1.82, 2.24) is 0 Å². The van der Waals surface area contributed by atoms with E-state index in [1.165, 1.54) is 12.1 Å². The Balaban J connectivity index is 1.80. The highest BCUT2D eigenvalue weighted by atomic mass is 16.3. The number of fused-ring (bicyclic) bond motifs is 1. The summed E-state index contributed by atoms with van der Waals surface area (Å²) < 4.78 is 5.76. The van der Waals surface area contributed by atoms with Crippen molar-refractivity contribution in [2.75, 3.05) is 5.32 Å². The van der Waals surface area contributed by atoms with Crippen LogP contribution >= 0.6 is 0 Å². The number of carbonyl (C=O) groups is 2. The second kappa shape index (κ2) is 6.80. The van der Waals surface area contributed by atoms with Crippen LogP contribution in [0.15, 0.2) is 83.3 Å². The van der Waals surface area contributed by atoms with Crippen LogP contribution in [-0.4, -0.2) is 16.8 Å². The normalized spacial score (nSPS) is 10.7. The fraction of sp³-hybridized carbons (Fsp3) is 0. The summed E-state index contributed by atoms with van der Waals surface area (Å²) in [5.74, 6) is -0.953. The quantitative estimate of drug-likeness (QED) is 0.522. The zero-order valence-corrected chi connectivity index (χ0v) is 14.2. The smallest absolute Gasteiger partial charge is 0.259 e. The molecule has 1 heterocycles. The number of carbonyl (C=O) groups excluding carboxylic acids is 2. The number of nitrogens with one attached hydrogen (secondary N) is 1. The molecule has 1 amide bonds. The Morgan fingerprint density at radius 1 is 0.815 bits per heavy atom. The van der Waals surface area contributed by atoms with Crippen LogP contribution < -0.4 is 5.32 Å². The minimum Gasteiger partial charge on any atom is -0.507 e. The van der Waals surface area contributed by atoms with E-state index < -0.39 is 5.91 Å². The molecule has 0 unspecified atom stereocenters. The van der Waals surface area contributed by atoms with Gasteiger partial charge in [-0.3, -0.25) is 9.59 Å². The molecular weight excluding hydrogens is 342 g/mol. The summed E-state index contributed by atoms with van der Waals surface area (Å²) in [5.41, 5.74) is 1.34. The second-order valence-corrected chi connectivity index (χ2v) is 5.97. The van der Waals surface area contributed by atoms with E-state index >= 15 is 0 Å². The van der Waals surface area contributed by atoms with Gasteiger partial charge in [-0.2, -0.15) is 0 Å². The van der Waals surface area contributed by atoms with Crippen molar-refractivity contribution in [3.63, 3.8) is 0 Å². The van der Waals surface area contributed by atoms with Gasteiger partial charge >= 0.3 is 0 Å². The third-order valence-electron chi connectivity index (χ3n) is 4.22. The molecule has 0 spiro atoms. The standard InChI is InChI=1S/C22H15NO4/c24-17-12-6-4-10-15(17)22(26)23-19-16-11-5-7-13-18(16)27-21(19)20(25)14-8-2-1-3-9-14/h1-13,24H,(H,23,26). The molecule has 5 nitrogen and oxygen atoms in total. The predicted molar refractivity (Wildman–Crippen MR) is 102 cm³/mol. The predicted octanol–water partition coefficient (Wildman–Crippen LogP) is 4.62. The van der Waals surface area contributed by atoms with Crippen molar-refractivity contribution in [3.05, 3.63) is 95.7 Å². The van der Waals surface area contributed by atoms with E-state index in [0.717, 1.165) is 0 Å². The minimum absolute atomic E-state index is 0.0474. The highest BCUT2D eigenvalue weighted by molar-refractivity contribution is 6.19. The zero-order valence-electron chi connectivity index (χ0n) is 14.2. The molecule has 0 saturated carbocycles. The second-order valence-electron chi connectivity index (χ2n) is 5.97. The van der Waals surface area contributed by atoms with E-state index in [9.17, 15) is 14.7 Å². The molecule has 2 N–H and O–H groups in total. The lowest BCUT2D eigenvalue weighted by Gasteiger charge is -2.07. The summed E-state index contributed by atoms with van der Waals surface area (Å²) in [4.78, 5) is 25.6. The maximum Gasteiger partial charge on any atom is 0.259 e. The number of hydrogen-bond acceptors (Lipinski definition) is 4. The fourth-order valence-electron chi connectivity index (χ4n) is 2.90. The van der Waals surface area contributed by atoms with Crippen LogP contribution in [-0.2, 0) is 0 Å². The molecule has 4 rings (SSSR count). The lowest BCUT2D eigenvalue weighted by molar-refractivity contribution is 0.101. The molecule has 0 fully saturated rings. The van der Waals surface area contributed by atoms with Crippen molar-refractivity contribution in [2.24, 2.45) is 0 Å². The molecule has 27 heavy (non-hydrogen) atoms. The Morgan fingerprint density at radius 3 is 2.26 bits per heavy atom. The van der Waals surface area contributed by atoms with Gasteiger partial charge in [0, 0.05) is 10.9 Å². The van der Waals surface area contributed by atoms with E-state index in [4.69, 9.17) is 4.42 Å². The maximum absolute atomic E-state index is 12.9. The number of rotatable bonds is 4. The molecule has 1 aromatic heterocycles. The highest BCUT2D eigenvalue weighted by Crippen LogP contribution is 2.33. The molecule has 4 aromatic rings. The third kappa shape index (κ3) is 3.06. The lowest BCUT2D eigenvalue weighted by Crippen LogP contribution is -2.14. The summed E-state index contributed by atoms with van der Waals surface area (Å²) in [6, 6.07) is 22.0. The van der Waals surface area contributed by atoms with Crippen LogP contribution in [0.1, 0.15) is 26.5 Å². The van der Waals surface area contributed by atoms with Crippen molar-refractivity contribution in [3.8, 4) is 5.75 Å². The first-order chi connectivity index (χ1) is 13.1. The molecule has 0 aliphatic rings. The summed E-state index contributed by atoms with van der Waals surface area (Å²) >= 11 is 0. The average Bonchev–Trinajstić information content (AvgIpc) is 3.07. The first-order valence-corrected chi connectivity index (χ1v) is 8.36. The van der Waals surface area contributed by atoms with Gasteiger partial charge < -0.3 is 14.8 Å². The number of ketones is 1. The van der Waals surface area contributed by atoms with E-state index in [1.807, 2.05) is 6.07 Å². The number of phenols is 1. The number of amides is 1. The number of para-hydroxylation sites is 2. The van der Waals surface area contributed by atoms with Gasteiger partial charge in [0.05, 0.1) is 11.3 Å². The van der Waals surface area contributed by atoms with Gasteiger partial charge in [-0.15, -0.1) is 0 Å². The first-order valence-electron chi connectivity index (χ1n) is 8.36. The van der Waals surface area contributed by atoms with Crippen LogP contribution in [0.25, 0.3) is 11.0 Å². The Bertz CT molecular complexity index is 1150. The molecule has 3 aromatic carbocycles. The Kier molecular flexibility index (Phi) is 4.18. The summed E-state index contributed by atoms with van der Waals surface area (Å²) in [6.45, 7) is 0. The van der Waals surface area contributed by atoms with Crippen LogP contribution in [0, 0.1) is 0 Å². The molecule has 0 aliphatic carbocycles. The van der Waals surface area contributed by atoms with Crippen LogP contribution in [0.5, 0.6) is 5.75 Å². The van der Waals surface area contributed by atoms with Gasteiger partial charge in [-0.25, -0.2) is 0 Å². The highest BCUT2D eigenvalue weighted by Gasteiger charge is 2.24. The van der Waals surface area contributed by atoms with Crippen LogP contribution in [0.2, 0.25) is 0 Å². The largest absolute Gasteiger partial charge is 0.507 e. The van der Waals surface area contributed by atoms with Gasteiger partial charge in [0.2, 0.25) is 5.78 Å². The van der Waals surface area contributed by atoms with Crippen molar-refractivity contribution >= 4 is 28.3 Å². The zero-order chi connectivity index (χ0) is 18.8. The van der Waals surface area contributed by atoms with Crippen LogP contribution in [0.3, 0.4) is 0 Å². The molecule has 0 saturated heterocycles. The van der Waals surface area contributed by atoms with Crippen molar-refractivity contribution in [2.45, 2.75) is 0 Å². The Labute approximate surface area is 154 Å². The van der Waals surface area contributed by atoms with E-state index in [1.54, 1.807) is 60.7 Å². The molecule has 5 heteroatoms. The Morgan fingerprint density at radius 2 is 1.48 bits per heavy atom. The van der Waals surface area contributed by atoms with Crippen LogP contribution in [0.4, 0.5) is 5.69 Å². The van der Waals surface area contributed by atoms with E-state index in [0.29, 0.717) is 16.5 Å². The lowest BCUT2D eigenvalue weighted by atomic mass is 10.1. The van der Waals surface area contributed by atoms with Crippen molar-refractivity contribution in [1.29, 1.82) is 0 Å². The molecule has 0 aliphatic heterocycles. The van der Waals surface area contributed by atoms with E-state index in [-0.39, 0.29) is 28.5 Å². The summed E-state index contributed by atoms with van der Waals surface area (Å²) in [6.07, 6.45) is 0. The number of anilines is 1. The molecule has 0 bridgehead atoms. The fourth-order valence-corrected chi connectivity index (χ4v) is 2.90. The van der Waals surface area contributed by atoms with Crippen molar-refractivity contribution < 1.29 is 19.1 Å². The first kappa shape index (κ1) is 16.6. The number of hydrogen-bond donors (Lipinski definition) is 2. The third-order valence-corrected chi connectivity index (χ3v) is 4.22. The van der Waals surface area contributed by atoms with Gasteiger partial charge in [0.1, 0.15) is 11.3 Å². The average molecular weight is 357 g/mol. The SMILES string of the molecule is O=C(Nc1c(C(=O)c2ccccc2)oc2ccccc12)c1ccccc1O. The van der Waals surface area contributed by atoms with Gasteiger partial charge in [0.25, 0.3) is 5.91 Å². The number of aromatic hydroxyl groups is 1. The number of furan rings is 1. The molecule has 132 valence electrons. The summed E-state index contributed by atoms with van der Waals surface area (Å²) in [7, 11) is 0. The molecule has 0 atom stereocenters. The molecule has 0 radical (unpaired) electrons. The number of phenolic OH excluding ortho intramolecular Hbond substituents is 1. The summed E-state index contributed by atoms with van der Waals surface area (Å²) in [5, 5.41) is 13.3. The van der Waals surface area contributed by atoms with E-state index in [2.05, 4.69) is 5.32 Å².